The van der Waals surface area contributed by atoms with E-state index in [0.717, 1.165) is 36.3 Å². The summed E-state index contributed by atoms with van der Waals surface area (Å²) in [4.78, 5) is 24.6. The summed E-state index contributed by atoms with van der Waals surface area (Å²) >= 11 is 1.36. The molecule has 0 unspecified atom stereocenters. The van der Waals surface area contributed by atoms with Gasteiger partial charge in [0.2, 0.25) is 11.0 Å². The van der Waals surface area contributed by atoms with Gasteiger partial charge in [0.05, 0.1) is 6.54 Å². The van der Waals surface area contributed by atoms with Gasteiger partial charge in [-0.15, -0.1) is 10.2 Å². The highest BCUT2D eigenvalue weighted by atomic mass is 32.1. The molecule has 0 saturated carbocycles. The maximum atomic E-state index is 13.0. The first kappa shape index (κ1) is 20.1. The Hall–Kier alpha value is -2.68. The van der Waals surface area contributed by atoms with Gasteiger partial charge in [-0.25, -0.2) is 9.40 Å². The number of nitrogens with one attached hydrogen (secondary N) is 1. The molecule has 1 N–H and O–H groups in total. The van der Waals surface area contributed by atoms with Crippen molar-refractivity contribution < 1.29 is 14.0 Å². The quantitative estimate of drug-likeness (QED) is 0.683. The first-order chi connectivity index (χ1) is 13.5. The minimum absolute atomic E-state index is 0.171. The molecule has 1 aromatic carbocycles. The number of hydrogen-bond acceptors (Lipinski definition) is 6. The van der Waals surface area contributed by atoms with E-state index in [0.29, 0.717) is 5.13 Å². The van der Waals surface area contributed by atoms with Gasteiger partial charge < -0.3 is 0 Å². The van der Waals surface area contributed by atoms with Crippen molar-refractivity contribution in [3.63, 3.8) is 0 Å². The monoisotopic (exact) mass is 403 g/mol. The van der Waals surface area contributed by atoms with Crippen LogP contribution >= 0.6 is 11.3 Å². The zero-order valence-corrected chi connectivity index (χ0v) is 16.5. The molecule has 0 radical (unpaired) electrons. The summed E-state index contributed by atoms with van der Waals surface area (Å²) in [6.45, 7) is 2.33. The number of anilines is 1. The highest BCUT2D eigenvalue weighted by Crippen LogP contribution is 2.19. The fraction of sp³-hybridized carbons (Fsp3) is 0.421. The van der Waals surface area contributed by atoms with Gasteiger partial charge >= 0.3 is 0 Å². The van der Waals surface area contributed by atoms with E-state index in [1.807, 2.05) is 0 Å². The van der Waals surface area contributed by atoms with Crippen molar-refractivity contribution >= 4 is 34.0 Å². The smallest absolute Gasteiger partial charge is 0.273 e. The standard InChI is InChI=1S/C19H22FN5O2S/c1-2-3-4-5-16-22-23-19(28-16)21-18(27)15-10-11-17(26)25(24-15)12-13-6-8-14(20)9-7-13/h6-9H,2-5,10-12H2,1H3,(H,21,23,27). The van der Waals surface area contributed by atoms with Crippen LogP contribution in [-0.2, 0) is 22.6 Å². The number of rotatable bonds is 8. The van der Waals surface area contributed by atoms with Crippen molar-refractivity contribution in [2.24, 2.45) is 5.10 Å². The second-order valence-electron chi connectivity index (χ2n) is 6.54. The van der Waals surface area contributed by atoms with E-state index in [1.54, 1.807) is 12.1 Å². The molecule has 1 aromatic heterocycles. The third-order valence-electron chi connectivity index (χ3n) is 4.29. The zero-order valence-electron chi connectivity index (χ0n) is 15.7. The Morgan fingerprint density at radius 3 is 2.75 bits per heavy atom. The normalized spacial score (nSPS) is 14.1. The van der Waals surface area contributed by atoms with Crippen molar-refractivity contribution in [3.8, 4) is 0 Å². The van der Waals surface area contributed by atoms with Gasteiger partial charge in [-0.1, -0.05) is 43.2 Å². The summed E-state index contributed by atoms with van der Waals surface area (Å²) in [5.74, 6) is -0.897. The maximum absolute atomic E-state index is 13.0. The van der Waals surface area contributed by atoms with Crippen molar-refractivity contribution in [2.75, 3.05) is 5.32 Å². The molecule has 2 aromatic rings. The minimum atomic E-state index is -0.382. The van der Waals surface area contributed by atoms with Crippen LogP contribution < -0.4 is 5.32 Å². The predicted octanol–water partition coefficient (Wildman–Crippen LogP) is 3.53. The van der Waals surface area contributed by atoms with Crippen LogP contribution in [-0.4, -0.2) is 32.7 Å². The number of benzene rings is 1. The van der Waals surface area contributed by atoms with Crippen LogP contribution in [0.1, 0.15) is 49.6 Å². The van der Waals surface area contributed by atoms with Crippen LogP contribution in [0.2, 0.25) is 0 Å². The molecule has 0 aliphatic carbocycles. The highest BCUT2D eigenvalue weighted by Gasteiger charge is 2.25. The molecule has 1 aliphatic heterocycles. The van der Waals surface area contributed by atoms with Crippen LogP contribution in [0.3, 0.4) is 0 Å². The molecule has 1 aliphatic rings. The molecule has 9 heteroatoms. The van der Waals surface area contributed by atoms with Crippen molar-refractivity contribution in [1.82, 2.24) is 15.2 Å². The number of halogens is 1. The Labute approximate surface area is 166 Å². The highest BCUT2D eigenvalue weighted by molar-refractivity contribution is 7.15. The largest absolute Gasteiger partial charge is 0.295 e. The van der Waals surface area contributed by atoms with Gasteiger partial charge in [-0.2, -0.15) is 5.10 Å². The molecule has 0 fully saturated rings. The van der Waals surface area contributed by atoms with Crippen LogP contribution in [0.15, 0.2) is 29.4 Å². The number of nitrogens with zero attached hydrogens (tertiary/aromatic N) is 4. The molecular formula is C19H22FN5O2S. The Balaban J connectivity index is 1.62. The molecule has 0 atom stereocenters. The second kappa shape index (κ2) is 9.50. The summed E-state index contributed by atoms with van der Waals surface area (Å²) < 4.78 is 13.0. The van der Waals surface area contributed by atoms with Crippen LogP contribution in [0.5, 0.6) is 0 Å². The number of hydrogen-bond donors (Lipinski definition) is 1. The molecule has 0 saturated heterocycles. The molecule has 148 valence electrons. The minimum Gasteiger partial charge on any atom is -0.295 e. The fourth-order valence-corrected chi connectivity index (χ4v) is 3.53. The number of unbranched alkanes of at least 4 members (excludes halogenated alkanes) is 2. The average Bonchev–Trinajstić information content (AvgIpc) is 3.12. The summed E-state index contributed by atoms with van der Waals surface area (Å²) in [7, 11) is 0. The van der Waals surface area contributed by atoms with E-state index >= 15 is 0 Å². The third-order valence-corrected chi connectivity index (χ3v) is 5.19. The lowest BCUT2D eigenvalue weighted by Gasteiger charge is -2.23. The van der Waals surface area contributed by atoms with Crippen LogP contribution in [0.25, 0.3) is 0 Å². The first-order valence-electron chi connectivity index (χ1n) is 9.31. The Morgan fingerprint density at radius 2 is 2.00 bits per heavy atom. The fourth-order valence-electron chi connectivity index (χ4n) is 2.75. The van der Waals surface area contributed by atoms with E-state index < -0.39 is 0 Å². The van der Waals surface area contributed by atoms with Crippen molar-refractivity contribution in [2.45, 2.75) is 52.0 Å². The van der Waals surface area contributed by atoms with Crippen molar-refractivity contribution in [3.05, 3.63) is 40.7 Å². The van der Waals surface area contributed by atoms with Gasteiger partial charge in [0, 0.05) is 19.3 Å². The Morgan fingerprint density at radius 1 is 1.21 bits per heavy atom. The molecule has 3 rings (SSSR count). The molecule has 28 heavy (non-hydrogen) atoms. The zero-order chi connectivity index (χ0) is 19.9. The summed E-state index contributed by atoms with van der Waals surface area (Å²) in [6.07, 6.45) is 4.64. The van der Waals surface area contributed by atoms with Gasteiger partial charge in [0.25, 0.3) is 5.91 Å². The molecule has 2 heterocycles. The van der Waals surface area contributed by atoms with Gasteiger partial charge in [-0.05, 0) is 24.1 Å². The van der Waals surface area contributed by atoms with Gasteiger partial charge in [0.1, 0.15) is 16.5 Å². The number of aromatic nitrogens is 2. The summed E-state index contributed by atoms with van der Waals surface area (Å²) in [6, 6.07) is 5.84. The number of carbonyl (C=O) groups excluding carboxylic acids is 2. The molecular weight excluding hydrogens is 381 g/mol. The Kier molecular flexibility index (Phi) is 6.80. The molecule has 0 spiro atoms. The molecule has 7 nitrogen and oxygen atoms in total. The van der Waals surface area contributed by atoms with E-state index in [1.165, 1.54) is 28.5 Å². The summed E-state index contributed by atoms with van der Waals surface area (Å²) in [5.41, 5.74) is 1.01. The number of aryl methyl sites for hydroxylation is 1. The van der Waals surface area contributed by atoms with E-state index in [2.05, 4.69) is 27.5 Å². The predicted molar refractivity (Wildman–Crippen MR) is 105 cm³/mol. The lowest BCUT2D eigenvalue weighted by atomic mass is 10.1. The molecule has 2 amide bonds. The number of amides is 2. The Bertz CT molecular complexity index is 865. The average molecular weight is 403 g/mol. The lowest BCUT2D eigenvalue weighted by Crippen LogP contribution is -2.36. The SMILES string of the molecule is CCCCCc1nnc(NC(=O)C2=NN(Cc3ccc(F)cc3)C(=O)CC2)s1. The van der Waals surface area contributed by atoms with E-state index in [-0.39, 0.29) is 42.7 Å². The number of carbonyl (C=O) groups is 2. The van der Waals surface area contributed by atoms with E-state index in [4.69, 9.17) is 0 Å². The van der Waals surface area contributed by atoms with Crippen LogP contribution in [0.4, 0.5) is 9.52 Å². The van der Waals surface area contributed by atoms with Gasteiger partial charge in [-0.3, -0.25) is 14.9 Å². The van der Waals surface area contributed by atoms with Crippen molar-refractivity contribution in [1.29, 1.82) is 0 Å². The summed E-state index contributed by atoms with van der Waals surface area (Å²) in [5, 5.41) is 17.6. The van der Waals surface area contributed by atoms with Gasteiger partial charge in [0.15, 0.2) is 0 Å². The first-order valence-corrected chi connectivity index (χ1v) is 10.1. The van der Waals surface area contributed by atoms with Crippen LogP contribution in [0, 0.1) is 5.82 Å². The molecule has 0 bridgehead atoms. The topological polar surface area (TPSA) is 87.6 Å². The maximum Gasteiger partial charge on any atom is 0.273 e. The lowest BCUT2D eigenvalue weighted by molar-refractivity contribution is -0.132. The number of hydrazone groups is 1. The van der Waals surface area contributed by atoms with E-state index in [9.17, 15) is 14.0 Å². The second-order valence-corrected chi connectivity index (χ2v) is 7.60. The third kappa shape index (κ3) is 5.41.